The zero-order chi connectivity index (χ0) is 11.5. The molecule has 16 heavy (non-hydrogen) atoms. The molecule has 2 rings (SSSR count). The van der Waals surface area contributed by atoms with Crippen molar-refractivity contribution in [2.24, 2.45) is 0 Å². The molecule has 0 aliphatic rings. The van der Waals surface area contributed by atoms with Gasteiger partial charge in [0, 0.05) is 5.56 Å². The number of hydrogen-bond acceptors (Lipinski definition) is 3. The molecule has 0 aliphatic heterocycles. The van der Waals surface area contributed by atoms with Gasteiger partial charge in [-0.2, -0.15) is 0 Å². The summed E-state index contributed by atoms with van der Waals surface area (Å²) in [7, 11) is 0. The fourth-order valence-electron chi connectivity index (χ4n) is 1.17. The average Bonchev–Trinajstić information content (AvgIpc) is 2.78. The fraction of sp³-hybridized carbons (Fsp3) is 0.0909. The highest BCUT2D eigenvalue weighted by molar-refractivity contribution is 8.02. The normalized spacial score (nSPS) is 10.4. The third-order valence-corrected chi connectivity index (χ3v) is 3.94. The van der Waals surface area contributed by atoms with Crippen molar-refractivity contribution >= 4 is 29.0 Å². The van der Waals surface area contributed by atoms with Gasteiger partial charge in [-0.05, 0) is 42.5 Å². The van der Waals surface area contributed by atoms with Gasteiger partial charge in [0.05, 0.1) is 9.90 Å². The molecule has 1 nitrogen and oxygen atoms in total. The van der Waals surface area contributed by atoms with Gasteiger partial charge in [-0.1, -0.05) is 6.07 Å². The molecule has 0 bridgehead atoms. The second kappa shape index (κ2) is 4.84. The Hall–Kier alpha value is -1.07. The molecule has 0 unspecified atom stereocenters. The lowest BCUT2D eigenvalue weighted by Gasteiger charge is -2.07. The van der Waals surface area contributed by atoms with Crippen LogP contribution < -0.4 is 4.72 Å². The maximum atomic E-state index is 13.6. The minimum absolute atomic E-state index is 0.0387. The van der Waals surface area contributed by atoms with Crippen LogP contribution in [0.4, 0.5) is 14.5 Å². The molecule has 0 amide bonds. The summed E-state index contributed by atoms with van der Waals surface area (Å²) in [6.45, 7) is 1.42. The van der Waals surface area contributed by atoms with Gasteiger partial charge in [0.25, 0.3) is 0 Å². The number of rotatable bonds is 3. The molecule has 0 radical (unpaired) electrons. The summed E-state index contributed by atoms with van der Waals surface area (Å²) >= 11 is 2.87. The molecule has 0 fully saturated rings. The predicted octanol–water partition coefficient (Wildman–Crippen LogP) is 4.45. The number of halogens is 2. The molecule has 0 atom stereocenters. The van der Waals surface area contributed by atoms with E-state index in [1.807, 2.05) is 17.5 Å². The molecule has 0 aliphatic carbocycles. The molecule has 1 aromatic carbocycles. The minimum Gasteiger partial charge on any atom is -0.322 e. The SMILES string of the molecule is Cc1c(F)ccc(NSc2cccs2)c1F. The molecule has 84 valence electrons. The molecule has 1 heterocycles. The molecule has 0 spiro atoms. The lowest BCUT2D eigenvalue weighted by atomic mass is 10.2. The molecule has 1 N–H and O–H groups in total. The standard InChI is InChI=1S/C11H9F2NS2/c1-7-8(12)4-5-9(11(7)13)14-16-10-3-2-6-15-10/h2-6,14H,1H3. The van der Waals surface area contributed by atoms with Gasteiger partial charge in [0.1, 0.15) is 5.82 Å². The second-order valence-electron chi connectivity index (χ2n) is 3.17. The van der Waals surface area contributed by atoms with Gasteiger partial charge in [-0.15, -0.1) is 11.3 Å². The quantitative estimate of drug-likeness (QED) is 0.815. The lowest BCUT2D eigenvalue weighted by Crippen LogP contribution is -1.95. The van der Waals surface area contributed by atoms with Crippen LogP contribution >= 0.6 is 23.3 Å². The number of hydrogen-bond donors (Lipinski definition) is 1. The monoisotopic (exact) mass is 257 g/mol. The number of thiophene rings is 1. The maximum absolute atomic E-state index is 13.6. The Kier molecular flexibility index (Phi) is 3.46. The lowest BCUT2D eigenvalue weighted by molar-refractivity contribution is 0.571. The van der Waals surface area contributed by atoms with Crippen LogP contribution in [0.5, 0.6) is 0 Å². The Balaban J connectivity index is 2.13. The van der Waals surface area contributed by atoms with Crippen molar-refractivity contribution in [2.75, 3.05) is 4.72 Å². The summed E-state index contributed by atoms with van der Waals surface area (Å²) in [5.41, 5.74) is 0.342. The van der Waals surface area contributed by atoms with Gasteiger partial charge < -0.3 is 4.72 Å². The molecular weight excluding hydrogens is 248 g/mol. The third kappa shape index (κ3) is 2.36. The zero-order valence-electron chi connectivity index (χ0n) is 8.46. The van der Waals surface area contributed by atoms with E-state index in [9.17, 15) is 8.78 Å². The van der Waals surface area contributed by atoms with Gasteiger partial charge in [0.15, 0.2) is 5.82 Å². The second-order valence-corrected chi connectivity index (χ2v) is 5.22. The molecule has 0 saturated carbocycles. The van der Waals surface area contributed by atoms with Crippen LogP contribution in [0.25, 0.3) is 0 Å². The number of benzene rings is 1. The topological polar surface area (TPSA) is 12.0 Å². The van der Waals surface area contributed by atoms with E-state index < -0.39 is 11.6 Å². The van der Waals surface area contributed by atoms with Crippen molar-refractivity contribution in [1.82, 2.24) is 0 Å². The smallest absolute Gasteiger partial charge is 0.152 e. The van der Waals surface area contributed by atoms with E-state index in [0.717, 1.165) is 4.21 Å². The van der Waals surface area contributed by atoms with Gasteiger partial charge >= 0.3 is 0 Å². The van der Waals surface area contributed by atoms with Crippen LogP contribution in [-0.4, -0.2) is 0 Å². The van der Waals surface area contributed by atoms with Crippen LogP contribution in [-0.2, 0) is 0 Å². The summed E-state index contributed by atoms with van der Waals surface area (Å²) < 4.78 is 30.5. The zero-order valence-corrected chi connectivity index (χ0v) is 10.1. The van der Waals surface area contributed by atoms with Crippen molar-refractivity contribution in [3.05, 3.63) is 46.8 Å². The molecule has 2 aromatic rings. The first-order valence-electron chi connectivity index (χ1n) is 4.59. The Labute approximate surface area is 101 Å². The first-order chi connectivity index (χ1) is 7.68. The summed E-state index contributed by atoms with van der Waals surface area (Å²) in [5, 5.41) is 1.94. The van der Waals surface area contributed by atoms with Crippen molar-refractivity contribution in [3.8, 4) is 0 Å². The third-order valence-electron chi connectivity index (χ3n) is 2.08. The molecule has 1 aromatic heterocycles. The Morgan fingerprint density at radius 3 is 2.75 bits per heavy atom. The van der Waals surface area contributed by atoms with E-state index in [0.29, 0.717) is 5.69 Å². The Bertz CT molecular complexity index is 483. The largest absolute Gasteiger partial charge is 0.322 e. The van der Waals surface area contributed by atoms with Crippen LogP contribution in [0, 0.1) is 18.6 Å². The van der Waals surface area contributed by atoms with E-state index in [1.54, 1.807) is 11.3 Å². The highest BCUT2D eigenvalue weighted by Gasteiger charge is 2.09. The van der Waals surface area contributed by atoms with Crippen molar-refractivity contribution < 1.29 is 8.78 Å². The van der Waals surface area contributed by atoms with Crippen LogP contribution in [0.2, 0.25) is 0 Å². The highest BCUT2D eigenvalue weighted by atomic mass is 32.2. The first-order valence-corrected chi connectivity index (χ1v) is 6.29. The van der Waals surface area contributed by atoms with E-state index in [1.165, 1.54) is 31.0 Å². The van der Waals surface area contributed by atoms with E-state index >= 15 is 0 Å². The van der Waals surface area contributed by atoms with E-state index in [-0.39, 0.29) is 5.56 Å². The van der Waals surface area contributed by atoms with Crippen LogP contribution in [0.15, 0.2) is 33.9 Å². The Morgan fingerprint density at radius 1 is 1.25 bits per heavy atom. The molecule has 5 heteroatoms. The molecule has 0 saturated heterocycles. The minimum atomic E-state index is -0.538. The van der Waals surface area contributed by atoms with E-state index in [4.69, 9.17) is 0 Å². The van der Waals surface area contributed by atoms with E-state index in [2.05, 4.69) is 4.72 Å². The van der Waals surface area contributed by atoms with Gasteiger partial charge in [0.2, 0.25) is 0 Å². The summed E-state index contributed by atoms with van der Waals surface area (Å²) in [4.78, 5) is 0. The van der Waals surface area contributed by atoms with Gasteiger partial charge in [-0.3, -0.25) is 0 Å². The fourth-order valence-corrected chi connectivity index (χ4v) is 2.61. The molecular formula is C11H9F2NS2. The van der Waals surface area contributed by atoms with Crippen LogP contribution in [0.3, 0.4) is 0 Å². The van der Waals surface area contributed by atoms with Gasteiger partial charge in [-0.25, -0.2) is 8.78 Å². The van der Waals surface area contributed by atoms with Crippen LogP contribution in [0.1, 0.15) is 5.56 Å². The maximum Gasteiger partial charge on any atom is 0.152 e. The summed E-state index contributed by atoms with van der Waals surface area (Å²) in [6, 6.07) is 6.51. The number of anilines is 1. The number of nitrogens with one attached hydrogen (secondary N) is 1. The average molecular weight is 257 g/mol. The predicted molar refractivity (Wildman–Crippen MR) is 64.9 cm³/mol. The Morgan fingerprint density at radius 2 is 2.06 bits per heavy atom. The first kappa shape index (κ1) is 11.4. The summed E-state index contributed by atoms with van der Waals surface area (Å²) in [5.74, 6) is -1.06. The van der Waals surface area contributed by atoms with Crippen molar-refractivity contribution in [1.29, 1.82) is 0 Å². The van der Waals surface area contributed by atoms with Crippen molar-refractivity contribution in [3.63, 3.8) is 0 Å². The van der Waals surface area contributed by atoms with Crippen molar-refractivity contribution in [2.45, 2.75) is 11.1 Å². The highest BCUT2D eigenvalue weighted by Crippen LogP contribution is 2.28. The summed E-state index contributed by atoms with van der Waals surface area (Å²) in [6.07, 6.45) is 0.